The summed E-state index contributed by atoms with van der Waals surface area (Å²) < 4.78 is 4.55. The van der Waals surface area contributed by atoms with Crippen molar-refractivity contribution in [1.29, 1.82) is 0 Å². The van der Waals surface area contributed by atoms with E-state index in [0.717, 1.165) is 5.56 Å². The lowest BCUT2D eigenvalue weighted by Crippen LogP contribution is -2.37. The Balaban J connectivity index is 1.81. The fourth-order valence-electron chi connectivity index (χ4n) is 2.67. The molecule has 2 amide bonds. The number of benzene rings is 1. The van der Waals surface area contributed by atoms with E-state index in [-0.39, 0.29) is 30.3 Å². The minimum Gasteiger partial charge on any atom is -0.469 e. The number of nitrogens with zero attached hydrogens (tertiary/aromatic N) is 2. The quantitative estimate of drug-likeness (QED) is 0.258. The van der Waals surface area contributed by atoms with E-state index in [1.807, 2.05) is 0 Å². The van der Waals surface area contributed by atoms with Crippen molar-refractivity contribution in [2.45, 2.75) is 25.8 Å². The highest BCUT2D eigenvalue weighted by atomic mass is 16.5. The third-order valence-electron chi connectivity index (χ3n) is 3.92. The molecule has 0 radical (unpaired) electrons. The molecule has 140 valence electrons. The van der Waals surface area contributed by atoms with Crippen LogP contribution < -0.4 is 16.8 Å². The molecule has 26 heavy (non-hydrogen) atoms. The van der Waals surface area contributed by atoms with E-state index in [0.29, 0.717) is 43.6 Å². The van der Waals surface area contributed by atoms with Crippen molar-refractivity contribution >= 4 is 29.4 Å². The Morgan fingerprint density at radius 2 is 2.08 bits per heavy atom. The second-order valence-electron chi connectivity index (χ2n) is 5.92. The molecule has 0 spiro atoms. The van der Waals surface area contributed by atoms with Crippen LogP contribution in [0.4, 0.5) is 5.69 Å². The second kappa shape index (κ2) is 8.84. The Bertz CT molecular complexity index is 728. The molecule has 0 saturated heterocycles. The Kier molecular flexibility index (Phi) is 6.54. The third kappa shape index (κ3) is 5.20. The molecule has 9 heteroatoms. The number of guanidine groups is 1. The zero-order chi connectivity index (χ0) is 19.1. The fourth-order valence-corrected chi connectivity index (χ4v) is 2.67. The molecule has 1 aliphatic rings. The van der Waals surface area contributed by atoms with Gasteiger partial charge < -0.3 is 26.4 Å². The Morgan fingerprint density at radius 3 is 2.77 bits per heavy atom. The number of hydrogen-bond donors (Lipinski definition) is 3. The van der Waals surface area contributed by atoms with Gasteiger partial charge in [0.2, 0.25) is 5.91 Å². The lowest BCUT2D eigenvalue weighted by Gasteiger charge is -2.15. The molecule has 1 heterocycles. The minimum absolute atomic E-state index is 0.0257. The van der Waals surface area contributed by atoms with Gasteiger partial charge in [0.15, 0.2) is 5.96 Å². The second-order valence-corrected chi connectivity index (χ2v) is 5.92. The molecule has 0 saturated carbocycles. The SMILES string of the molecule is COC(=O)CCCCNC(=O)CN1Cc2cc(N=C(N)N)ccc2C1=O. The van der Waals surface area contributed by atoms with Gasteiger partial charge in [0.1, 0.15) is 6.54 Å². The van der Waals surface area contributed by atoms with Gasteiger partial charge in [0, 0.05) is 25.1 Å². The van der Waals surface area contributed by atoms with Crippen LogP contribution in [0.25, 0.3) is 0 Å². The molecular weight excluding hydrogens is 338 g/mol. The van der Waals surface area contributed by atoms with E-state index in [9.17, 15) is 14.4 Å². The molecule has 0 bridgehead atoms. The van der Waals surface area contributed by atoms with Crippen LogP contribution in [-0.4, -0.2) is 48.8 Å². The fraction of sp³-hybridized carbons (Fsp3) is 0.412. The number of aliphatic imine (C=N–C) groups is 1. The number of amides is 2. The number of fused-ring (bicyclic) bond motifs is 1. The lowest BCUT2D eigenvalue weighted by molar-refractivity contribution is -0.140. The summed E-state index contributed by atoms with van der Waals surface area (Å²) in [6.07, 6.45) is 1.62. The average molecular weight is 361 g/mol. The van der Waals surface area contributed by atoms with Crippen molar-refractivity contribution in [3.8, 4) is 0 Å². The maximum Gasteiger partial charge on any atom is 0.305 e. The summed E-state index contributed by atoms with van der Waals surface area (Å²) in [5.41, 5.74) is 12.6. The zero-order valence-electron chi connectivity index (χ0n) is 14.7. The normalized spacial score (nSPS) is 12.5. The van der Waals surface area contributed by atoms with Crippen molar-refractivity contribution in [2.24, 2.45) is 16.5 Å². The number of nitrogens with one attached hydrogen (secondary N) is 1. The number of unbranched alkanes of at least 4 members (excludes halogenated alkanes) is 1. The number of esters is 1. The number of carbonyl (C=O) groups is 3. The standard InChI is InChI=1S/C17H23N5O4/c1-26-15(24)4-2-3-7-20-14(23)10-22-9-11-8-12(21-17(18)19)5-6-13(11)16(22)25/h5-6,8H,2-4,7,9-10H2,1H3,(H,20,23)(H4,18,19,21). The van der Waals surface area contributed by atoms with E-state index in [2.05, 4.69) is 15.0 Å². The first kappa shape index (κ1) is 19.2. The molecule has 0 unspecified atom stereocenters. The van der Waals surface area contributed by atoms with E-state index < -0.39 is 0 Å². The van der Waals surface area contributed by atoms with Gasteiger partial charge in [-0.15, -0.1) is 0 Å². The van der Waals surface area contributed by atoms with Crippen LogP contribution in [0.5, 0.6) is 0 Å². The van der Waals surface area contributed by atoms with Gasteiger partial charge in [-0.25, -0.2) is 4.99 Å². The van der Waals surface area contributed by atoms with Gasteiger partial charge in [0.25, 0.3) is 5.91 Å². The molecule has 2 rings (SSSR count). The summed E-state index contributed by atoms with van der Waals surface area (Å²) >= 11 is 0. The van der Waals surface area contributed by atoms with Crippen LogP contribution in [0.15, 0.2) is 23.2 Å². The van der Waals surface area contributed by atoms with Gasteiger partial charge in [-0.05, 0) is 36.6 Å². The number of rotatable bonds is 8. The molecule has 0 aromatic heterocycles. The summed E-state index contributed by atoms with van der Waals surface area (Å²) in [6.45, 7) is 0.749. The molecule has 0 fully saturated rings. The van der Waals surface area contributed by atoms with Gasteiger partial charge in [-0.2, -0.15) is 0 Å². The Morgan fingerprint density at radius 1 is 1.31 bits per heavy atom. The largest absolute Gasteiger partial charge is 0.469 e. The Labute approximate surface area is 151 Å². The summed E-state index contributed by atoms with van der Waals surface area (Å²) in [6, 6.07) is 5.04. The summed E-state index contributed by atoms with van der Waals surface area (Å²) in [5, 5.41) is 2.75. The lowest BCUT2D eigenvalue weighted by atomic mass is 10.1. The smallest absolute Gasteiger partial charge is 0.305 e. The molecule has 1 aromatic carbocycles. The van der Waals surface area contributed by atoms with Gasteiger partial charge in [-0.3, -0.25) is 14.4 Å². The first-order valence-corrected chi connectivity index (χ1v) is 8.26. The highest BCUT2D eigenvalue weighted by Gasteiger charge is 2.28. The molecular formula is C17H23N5O4. The van der Waals surface area contributed by atoms with Crippen molar-refractivity contribution in [1.82, 2.24) is 10.2 Å². The molecule has 0 aliphatic carbocycles. The van der Waals surface area contributed by atoms with Crippen LogP contribution in [0.2, 0.25) is 0 Å². The monoisotopic (exact) mass is 361 g/mol. The predicted molar refractivity (Wildman–Crippen MR) is 95.5 cm³/mol. The van der Waals surface area contributed by atoms with Crippen LogP contribution >= 0.6 is 0 Å². The number of ether oxygens (including phenoxy) is 1. The Hall–Kier alpha value is -3.10. The van der Waals surface area contributed by atoms with E-state index in [4.69, 9.17) is 11.5 Å². The first-order valence-electron chi connectivity index (χ1n) is 8.26. The van der Waals surface area contributed by atoms with E-state index in [1.54, 1.807) is 18.2 Å². The number of carbonyl (C=O) groups excluding carboxylic acids is 3. The van der Waals surface area contributed by atoms with Crippen LogP contribution in [0.1, 0.15) is 35.2 Å². The molecule has 1 aliphatic heterocycles. The minimum atomic E-state index is -0.267. The predicted octanol–water partition coefficient (Wildman–Crippen LogP) is 0.00680. The van der Waals surface area contributed by atoms with Gasteiger partial charge in [0.05, 0.1) is 12.8 Å². The maximum absolute atomic E-state index is 12.4. The van der Waals surface area contributed by atoms with E-state index in [1.165, 1.54) is 12.0 Å². The third-order valence-corrected chi connectivity index (χ3v) is 3.92. The topological polar surface area (TPSA) is 140 Å². The highest BCUT2D eigenvalue weighted by Crippen LogP contribution is 2.26. The maximum atomic E-state index is 12.4. The number of hydrogen-bond acceptors (Lipinski definition) is 5. The van der Waals surface area contributed by atoms with Crippen LogP contribution in [0.3, 0.4) is 0 Å². The van der Waals surface area contributed by atoms with Gasteiger partial charge in [-0.1, -0.05) is 0 Å². The molecule has 0 atom stereocenters. The van der Waals surface area contributed by atoms with Crippen LogP contribution in [0, 0.1) is 0 Å². The van der Waals surface area contributed by atoms with Crippen molar-refractivity contribution in [3.05, 3.63) is 29.3 Å². The van der Waals surface area contributed by atoms with Gasteiger partial charge >= 0.3 is 5.97 Å². The van der Waals surface area contributed by atoms with Crippen LogP contribution in [-0.2, 0) is 20.9 Å². The molecule has 1 aromatic rings. The zero-order valence-corrected chi connectivity index (χ0v) is 14.7. The molecule has 5 N–H and O–H groups in total. The number of methoxy groups -OCH3 is 1. The highest BCUT2D eigenvalue weighted by molar-refractivity contribution is 6.00. The summed E-state index contributed by atoms with van der Waals surface area (Å²) in [5.74, 6) is -0.764. The van der Waals surface area contributed by atoms with Crippen molar-refractivity contribution < 1.29 is 19.1 Å². The number of nitrogens with two attached hydrogens (primary N) is 2. The first-order chi connectivity index (χ1) is 12.4. The average Bonchev–Trinajstić information content (AvgIpc) is 2.89. The summed E-state index contributed by atoms with van der Waals surface area (Å²) in [4.78, 5) is 40.8. The van der Waals surface area contributed by atoms with Crippen molar-refractivity contribution in [3.63, 3.8) is 0 Å². The van der Waals surface area contributed by atoms with E-state index >= 15 is 0 Å². The van der Waals surface area contributed by atoms with Crippen molar-refractivity contribution in [2.75, 3.05) is 20.2 Å². The molecule has 9 nitrogen and oxygen atoms in total. The summed E-state index contributed by atoms with van der Waals surface area (Å²) in [7, 11) is 1.34.